The summed E-state index contributed by atoms with van der Waals surface area (Å²) in [6.45, 7) is 3.08. The molecular formula is C32H30F4N2O. The second-order valence-corrected chi connectivity index (χ2v) is 10.00. The number of hydrogen-bond donors (Lipinski definition) is 0. The van der Waals surface area contributed by atoms with E-state index in [2.05, 4.69) is 6.08 Å². The maximum Gasteiger partial charge on any atom is 0.416 e. The molecule has 0 saturated heterocycles. The molecule has 0 aromatic heterocycles. The van der Waals surface area contributed by atoms with Crippen LogP contribution < -0.4 is 0 Å². The molecule has 0 aliphatic carbocycles. The Morgan fingerprint density at radius 3 is 2.13 bits per heavy atom. The van der Waals surface area contributed by atoms with Crippen LogP contribution in [-0.4, -0.2) is 28.8 Å². The Kier molecular flexibility index (Phi) is 7.71. The van der Waals surface area contributed by atoms with E-state index in [1.165, 1.54) is 6.07 Å². The van der Waals surface area contributed by atoms with Crippen molar-refractivity contribution in [2.45, 2.75) is 44.9 Å². The van der Waals surface area contributed by atoms with Crippen LogP contribution >= 0.6 is 0 Å². The van der Waals surface area contributed by atoms with Gasteiger partial charge in [0.1, 0.15) is 5.82 Å². The van der Waals surface area contributed by atoms with Crippen molar-refractivity contribution in [2.24, 2.45) is 0 Å². The molecule has 0 unspecified atom stereocenters. The third-order valence-electron chi connectivity index (χ3n) is 7.53. The first-order valence-electron chi connectivity index (χ1n) is 13.2. The number of alkyl halides is 3. The molecular weight excluding hydrogens is 504 g/mol. The van der Waals surface area contributed by atoms with Crippen LogP contribution in [0.25, 0.3) is 0 Å². The monoisotopic (exact) mass is 534 g/mol. The van der Waals surface area contributed by atoms with Gasteiger partial charge in [-0.3, -0.25) is 9.69 Å². The Morgan fingerprint density at radius 2 is 1.56 bits per heavy atom. The average Bonchev–Trinajstić information content (AvgIpc) is 3.07. The van der Waals surface area contributed by atoms with Crippen molar-refractivity contribution in [1.82, 2.24) is 9.80 Å². The van der Waals surface area contributed by atoms with Gasteiger partial charge in [0.05, 0.1) is 11.6 Å². The van der Waals surface area contributed by atoms with Crippen molar-refractivity contribution in [3.63, 3.8) is 0 Å². The predicted octanol–water partition coefficient (Wildman–Crippen LogP) is 7.66. The lowest BCUT2D eigenvalue weighted by Gasteiger charge is -2.36. The number of hydrogen-bond acceptors (Lipinski definition) is 2. The van der Waals surface area contributed by atoms with Gasteiger partial charge in [0.15, 0.2) is 0 Å². The number of allylic oxidation sites excluding steroid dienone is 2. The zero-order valence-electron chi connectivity index (χ0n) is 21.7. The van der Waals surface area contributed by atoms with Gasteiger partial charge >= 0.3 is 6.18 Å². The molecule has 3 aromatic carbocycles. The molecule has 7 heteroatoms. The van der Waals surface area contributed by atoms with Crippen LogP contribution in [0.2, 0.25) is 0 Å². The first-order valence-corrected chi connectivity index (χ1v) is 13.2. The summed E-state index contributed by atoms with van der Waals surface area (Å²) < 4.78 is 53.6. The van der Waals surface area contributed by atoms with E-state index in [1.54, 1.807) is 0 Å². The van der Waals surface area contributed by atoms with E-state index in [-0.39, 0.29) is 24.1 Å². The number of benzene rings is 3. The molecule has 3 nitrogen and oxygen atoms in total. The Bertz CT molecular complexity index is 1360. The van der Waals surface area contributed by atoms with E-state index >= 15 is 0 Å². The van der Waals surface area contributed by atoms with Crippen LogP contribution in [0.4, 0.5) is 17.6 Å². The molecule has 202 valence electrons. The molecule has 0 saturated carbocycles. The fraction of sp³-hybridized carbons (Fsp3) is 0.281. The van der Waals surface area contributed by atoms with Crippen molar-refractivity contribution in [3.05, 3.63) is 130 Å². The summed E-state index contributed by atoms with van der Waals surface area (Å²) in [6, 6.07) is 22.2. The highest BCUT2D eigenvalue weighted by atomic mass is 19.4. The van der Waals surface area contributed by atoms with Crippen molar-refractivity contribution in [1.29, 1.82) is 0 Å². The summed E-state index contributed by atoms with van der Waals surface area (Å²) in [5.74, 6) is -0.965. The molecule has 0 atom stereocenters. The maximum atomic E-state index is 14.6. The molecule has 0 bridgehead atoms. The summed E-state index contributed by atoms with van der Waals surface area (Å²) >= 11 is 0. The Hall–Kier alpha value is -3.71. The van der Waals surface area contributed by atoms with Gasteiger partial charge < -0.3 is 4.90 Å². The highest BCUT2D eigenvalue weighted by Gasteiger charge is 2.36. The third-order valence-corrected chi connectivity index (χ3v) is 7.53. The minimum Gasteiger partial charge on any atom is -0.301 e. The van der Waals surface area contributed by atoms with Crippen LogP contribution in [0.5, 0.6) is 0 Å². The van der Waals surface area contributed by atoms with E-state index in [1.807, 2.05) is 77.4 Å². The van der Waals surface area contributed by atoms with Gasteiger partial charge in [-0.1, -0.05) is 85.3 Å². The van der Waals surface area contributed by atoms with E-state index in [4.69, 9.17) is 0 Å². The molecule has 0 N–H and O–H groups in total. The van der Waals surface area contributed by atoms with E-state index in [9.17, 15) is 22.4 Å². The van der Waals surface area contributed by atoms with E-state index in [0.717, 1.165) is 28.5 Å². The van der Waals surface area contributed by atoms with Crippen LogP contribution in [0.15, 0.2) is 102 Å². The van der Waals surface area contributed by atoms with Crippen molar-refractivity contribution < 1.29 is 22.4 Å². The van der Waals surface area contributed by atoms with E-state index < -0.39 is 17.6 Å². The fourth-order valence-corrected chi connectivity index (χ4v) is 5.50. The van der Waals surface area contributed by atoms with Crippen LogP contribution in [0, 0.1) is 5.82 Å². The second kappa shape index (κ2) is 11.2. The van der Waals surface area contributed by atoms with Gasteiger partial charge in [-0.25, -0.2) is 4.39 Å². The van der Waals surface area contributed by atoms with Gasteiger partial charge in [0, 0.05) is 36.5 Å². The molecule has 2 aliphatic rings. The smallest absolute Gasteiger partial charge is 0.301 e. The molecule has 1 amide bonds. The summed E-state index contributed by atoms with van der Waals surface area (Å²) in [7, 11) is 0. The highest BCUT2D eigenvalue weighted by Crippen LogP contribution is 2.38. The third kappa shape index (κ3) is 5.69. The van der Waals surface area contributed by atoms with Crippen molar-refractivity contribution in [2.75, 3.05) is 13.1 Å². The van der Waals surface area contributed by atoms with Gasteiger partial charge in [0.25, 0.3) is 5.91 Å². The molecule has 39 heavy (non-hydrogen) atoms. The highest BCUT2D eigenvalue weighted by molar-refractivity contribution is 5.97. The molecule has 0 spiro atoms. The molecule has 2 aliphatic heterocycles. The van der Waals surface area contributed by atoms with Crippen LogP contribution in [0.1, 0.15) is 54.5 Å². The van der Waals surface area contributed by atoms with Gasteiger partial charge in [-0.05, 0) is 42.5 Å². The maximum absolute atomic E-state index is 14.6. The first-order chi connectivity index (χ1) is 18.8. The minimum absolute atomic E-state index is 0.0779. The number of amides is 1. The number of nitrogens with zero attached hydrogens (tertiary/aromatic N) is 2. The normalized spacial score (nSPS) is 16.8. The standard InChI is InChI=1S/C32H30F4N2O/c1-2-27-16-14-22-17-18-37(20-25-13-15-26(19-29(25)33)32(34,35)36)21-28(22)31(39)38(27)30(23-9-5-3-6-10-23)24-11-7-4-8-12-24/h3-13,15-16,19,30H,2,14,17-18,20-21H2,1H3. The Labute approximate surface area is 226 Å². The van der Waals surface area contributed by atoms with Crippen molar-refractivity contribution in [3.8, 4) is 0 Å². The summed E-state index contributed by atoms with van der Waals surface area (Å²) in [4.78, 5) is 18.2. The number of rotatable bonds is 6. The molecule has 3 aromatic rings. The fourth-order valence-electron chi connectivity index (χ4n) is 5.50. The quantitative estimate of drug-likeness (QED) is 0.303. The lowest BCUT2D eigenvalue weighted by molar-refractivity contribution is -0.137. The van der Waals surface area contributed by atoms with Crippen LogP contribution in [0.3, 0.4) is 0 Å². The molecule has 2 heterocycles. The van der Waals surface area contributed by atoms with Gasteiger partial charge in [0.2, 0.25) is 0 Å². The number of carbonyl (C=O) groups is 1. The SMILES string of the molecule is CCC1=CCC2=C(CN(Cc3ccc(C(F)(F)F)cc3F)CC2)C(=O)N1C(c1ccccc1)c1ccccc1. The number of halogens is 4. The largest absolute Gasteiger partial charge is 0.416 e. The Morgan fingerprint density at radius 1 is 0.923 bits per heavy atom. The second-order valence-electron chi connectivity index (χ2n) is 10.00. The minimum atomic E-state index is -4.60. The summed E-state index contributed by atoms with van der Waals surface area (Å²) in [5, 5.41) is 0. The van der Waals surface area contributed by atoms with Crippen LogP contribution in [-0.2, 0) is 17.5 Å². The lowest BCUT2D eigenvalue weighted by Crippen LogP contribution is -2.40. The topological polar surface area (TPSA) is 23.6 Å². The zero-order chi connectivity index (χ0) is 27.6. The average molecular weight is 535 g/mol. The lowest BCUT2D eigenvalue weighted by atomic mass is 9.94. The summed E-state index contributed by atoms with van der Waals surface area (Å²) in [5.41, 5.74) is 3.88. The molecule has 5 rings (SSSR count). The van der Waals surface area contributed by atoms with Gasteiger partial charge in [-0.2, -0.15) is 13.2 Å². The zero-order valence-corrected chi connectivity index (χ0v) is 21.7. The molecule has 0 radical (unpaired) electrons. The molecule has 0 fully saturated rings. The van der Waals surface area contributed by atoms with E-state index in [0.29, 0.717) is 44.0 Å². The predicted molar refractivity (Wildman–Crippen MR) is 143 cm³/mol. The summed E-state index contributed by atoms with van der Waals surface area (Å²) in [6.07, 6.45) is -0.461. The van der Waals surface area contributed by atoms with Crippen molar-refractivity contribution >= 4 is 5.91 Å². The van der Waals surface area contributed by atoms with Gasteiger partial charge in [-0.15, -0.1) is 0 Å². The first kappa shape index (κ1) is 26.9. The number of carbonyl (C=O) groups excluding carboxylic acids is 1. The Balaban J connectivity index is 1.46.